The number of likely N-dealkylation sites (tertiary alicyclic amines) is 1. The molecule has 0 aliphatic carbocycles. The zero-order chi connectivity index (χ0) is 18.4. The number of nitrogens with one attached hydrogen (secondary N) is 1. The van der Waals surface area contributed by atoms with Crippen LogP contribution in [-0.2, 0) is 16.2 Å². The molecule has 1 heterocycles. The third-order valence-electron chi connectivity index (χ3n) is 4.68. The first-order valence-electron chi connectivity index (χ1n) is 8.95. The van der Waals surface area contributed by atoms with E-state index >= 15 is 0 Å². The van der Waals surface area contributed by atoms with Gasteiger partial charge < -0.3 is 15.0 Å². The fourth-order valence-corrected chi connectivity index (χ4v) is 3.08. The van der Waals surface area contributed by atoms with E-state index < -0.39 is 0 Å². The van der Waals surface area contributed by atoms with Crippen molar-refractivity contribution in [1.82, 2.24) is 4.90 Å². The summed E-state index contributed by atoms with van der Waals surface area (Å²) in [5.74, 6) is 0.822. The van der Waals surface area contributed by atoms with Crippen molar-refractivity contribution in [3.05, 3.63) is 60.2 Å². The molecule has 0 radical (unpaired) electrons. The van der Waals surface area contributed by atoms with Gasteiger partial charge in [0.15, 0.2) is 0 Å². The van der Waals surface area contributed by atoms with Gasteiger partial charge in [-0.3, -0.25) is 9.59 Å². The molecule has 0 saturated carbocycles. The van der Waals surface area contributed by atoms with Crippen LogP contribution in [0.1, 0.15) is 25.3 Å². The fraction of sp³-hybridized carbons (Fsp3) is 0.333. The second-order valence-electron chi connectivity index (χ2n) is 6.57. The van der Waals surface area contributed by atoms with Crippen molar-refractivity contribution in [2.24, 2.45) is 5.92 Å². The summed E-state index contributed by atoms with van der Waals surface area (Å²) in [5.41, 5.74) is 1.87. The molecule has 0 aromatic heterocycles. The number of rotatable bonds is 5. The molecule has 136 valence electrons. The van der Waals surface area contributed by atoms with Crippen molar-refractivity contribution >= 4 is 17.5 Å². The third kappa shape index (κ3) is 4.85. The molecule has 1 aliphatic heterocycles. The van der Waals surface area contributed by atoms with Crippen LogP contribution in [0.25, 0.3) is 0 Å². The quantitative estimate of drug-likeness (QED) is 0.896. The number of piperidine rings is 1. The summed E-state index contributed by atoms with van der Waals surface area (Å²) in [5, 5.41) is 2.96. The minimum absolute atomic E-state index is 0.0196. The molecule has 0 atom stereocenters. The minimum Gasteiger partial charge on any atom is -0.489 e. The second kappa shape index (κ2) is 8.52. The van der Waals surface area contributed by atoms with E-state index in [2.05, 4.69) is 5.32 Å². The smallest absolute Gasteiger partial charge is 0.227 e. The first-order valence-corrected chi connectivity index (χ1v) is 8.95. The molecular weight excluding hydrogens is 328 g/mol. The van der Waals surface area contributed by atoms with Gasteiger partial charge in [0.1, 0.15) is 12.4 Å². The normalized spacial score (nSPS) is 14.7. The molecule has 1 fully saturated rings. The van der Waals surface area contributed by atoms with Crippen LogP contribution in [0.15, 0.2) is 54.6 Å². The first kappa shape index (κ1) is 18.0. The lowest BCUT2D eigenvalue weighted by atomic mass is 9.96. The molecule has 5 nitrogen and oxygen atoms in total. The maximum Gasteiger partial charge on any atom is 0.227 e. The Hall–Kier alpha value is -2.82. The van der Waals surface area contributed by atoms with E-state index in [1.165, 1.54) is 0 Å². The van der Waals surface area contributed by atoms with Gasteiger partial charge in [-0.25, -0.2) is 0 Å². The van der Waals surface area contributed by atoms with Crippen LogP contribution in [0.2, 0.25) is 0 Å². The monoisotopic (exact) mass is 352 g/mol. The van der Waals surface area contributed by atoms with Gasteiger partial charge in [0.2, 0.25) is 11.8 Å². The lowest BCUT2D eigenvalue weighted by molar-refractivity contribution is -0.132. The van der Waals surface area contributed by atoms with E-state index in [0.717, 1.165) is 17.0 Å². The van der Waals surface area contributed by atoms with Gasteiger partial charge in [-0.1, -0.05) is 30.3 Å². The van der Waals surface area contributed by atoms with E-state index in [1.54, 1.807) is 11.8 Å². The molecule has 1 aliphatic rings. The van der Waals surface area contributed by atoms with Crippen LogP contribution in [0.3, 0.4) is 0 Å². The standard InChI is InChI=1S/C21H24N2O3/c1-16(24)23-13-11-18(12-14-23)21(25)22-19-7-9-20(10-8-19)26-15-17-5-3-2-4-6-17/h2-10,18H,11-15H2,1H3,(H,22,25). The molecule has 0 unspecified atom stereocenters. The zero-order valence-electron chi connectivity index (χ0n) is 15.0. The van der Waals surface area contributed by atoms with Gasteiger partial charge in [0.05, 0.1) is 0 Å². The Labute approximate surface area is 154 Å². The summed E-state index contributed by atoms with van der Waals surface area (Å²) in [6, 6.07) is 17.4. The highest BCUT2D eigenvalue weighted by molar-refractivity contribution is 5.92. The average Bonchev–Trinajstić information content (AvgIpc) is 2.68. The molecule has 5 heteroatoms. The SMILES string of the molecule is CC(=O)N1CCC(C(=O)Nc2ccc(OCc3ccccc3)cc2)CC1. The molecule has 1 saturated heterocycles. The highest BCUT2D eigenvalue weighted by Crippen LogP contribution is 2.21. The average molecular weight is 352 g/mol. The summed E-state index contributed by atoms with van der Waals surface area (Å²) in [7, 11) is 0. The zero-order valence-corrected chi connectivity index (χ0v) is 15.0. The Morgan fingerprint density at radius 3 is 2.31 bits per heavy atom. The maximum absolute atomic E-state index is 12.4. The summed E-state index contributed by atoms with van der Waals surface area (Å²) in [6.45, 7) is 3.39. The molecule has 1 N–H and O–H groups in total. The van der Waals surface area contributed by atoms with Gasteiger partial charge >= 0.3 is 0 Å². The number of hydrogen-bond donors (Lipinski definition) is 1. The number of nitrogens with zero attached hydrogens (tertiary/aromatic N) is 1. The van der Waals surface area contributed by atoms with Crippen molar-refractivity contribution in [1.29, 1.82) is 0 Å². The summed E-state index contributed by atoms with van der Waals surface area (Å²) in [6.07, 6.45) is 1.42. The van der Waals surface area contributed by atoms with Crippen molar-refractivity contribution in [3.63, 3.8) is 0 Å². The van der Waals surface area contributed by atoms with Crippen molar-refractivity contribution in [2.45, 2.75) is 26.4 Å². The van der Waals surface area contributed by atoms with Crippen LogP contribution in [0, 0.1) is 5.92 Å². The number of anilines is 1. The Kier molecular flexibility index (Phi) is 5.89. The highest BCUT2D eigenvalue weighted by Gasteiger charge is 2.25. The third-order valence-corrected chi connectivity index (χ3v) is 4.68. The molecule has 2 aromatic rings. The highest BCUT2D eigenvalue weighted by atomic mass is 16.5. The summed E-state index contributed by atoms with van der Waals surface area (Å²) < 4.78 is 5.75. The van der Waals surface area contributed by atoms with Crippen LogP contribution >= 0.6 is 0 Å². The Morgan fingerprint density at radius 2 is 1.69 bits per heavy atom. The van der Waals surface area contributed by atoms with Crippen LogP contribution < -0.4 is 10.1 Å². The van der Waals surface area contributed by atoms with Crippen molar-refractivity contribution in [2.75, 3.05) is 18.4 Å². The van der Waals surface area contributed by atoms with E-state index in [0.29, 0.717) is 32.5 Å². The summed E-state index contributed by atoms with van der Waals surface area (Å²) >= 11 is 0. The number of hydrogen-bond acceptors (Lipinski definition) is 3. The Balaban J connectivity index is 1.48. The van der Waals surface area contributed by atoms with Gasteiger partial charge in [0.25, 0.3) is 0 Å². The Bertz CT molecular complexity index is 736. The van der Waals surface area contributed by atoms with Gasteiger partial charge in [-0.2, -0.15) is 0 Å². The second-order valence-corrected chi connectivity index (χ2v) is 6.57. The van der Waals surface area contributed by atoms with E-state index in [9.17, 15) is 9.59 Å². The van der Waals surface area contributed by atoms with Crippen LogP contribution in [0.4, 0.5) is 5.69 Å². The molecule has 2 aromatic carbocycles. The van der Waals surface area contributed by atoms with Gasteiger partial charge in [-0.05, 0) is 42.7 Å². The Morgan fingerprint density at radius 1 is 1.04 bits per heavy atom. The van der Waals surface area contributed by atoms with Gasteiger partial charge in [0, 0.05) is 31.6 Å². The minimum atomic E-state index is -0.0420. The molecule has 3 rings (SSSR count). The molecule has 2 amide bonds. The predicted octanol–water partition coefficient (Wildman–Crippen LogP) is 3.46. The molecule has 0 bridgehead atoms. The van der Waals surface area contributed by atoms with Crippen LogP contribution in [-0.4, -0.2) is 29.8 Å². The van der Waals surface area contributed by atoms with Crippen molar-refractivity contribution in [3.8, 4) is 5.75 Å². The topological polar surface area (TPSA) is 58.6 Å². The predicted molar refractivity (Wildman–Crippen MR) is 101 cm³/mol. The number of amides is 2. The number of ether oxygens (including phenoxy) is 1. The first-order chi connectivity index (χ1) is 12.6. The molecular formula is C21H24N2O3. The van der Waals surface area contributed by atoms with Gasteiger partial charge in [-0.15, -0.1) is 0 Å². The lowest BCUT2D eigenvalue weighted by Gasteiger charge is -2.30. The van der Waals surface area contributed by atoms with E-state index in [1.807, 2.05) is 54.6 Å². The summed E-state index contributed by atoms with van der Waals surface area (Å²) in [4.78, 5) is 25.5. The van der Waals surface area contributed by atoms with E-state index in [4.69, 9.17) is 4.74 Å². The van der Waals surface area contributed by atoms with Crippen molar-refractivity contribution < 1.29 is 14.3 Å². The number of carbonyl (C=O) groups is 2. The number of benzene rings is 2. The molecule has 26 heavy (non-hydrogen) atoms. The van der Waals surface area contributed by atoms with E-state index in [-0.39, 0.29) is 17.7 Å². The maximum atomic E-state index is 12.4. The molecule has 0 spiro atoms. The fourth-order valence-electron chi connectivity index (χ4n) is 3.08. The number of carbonyl (C=O) groups excluding carboxylic acids is 2. The lowest BCUT2D eigenvalue weighted by Crippen LogP contribution is -2.40. The van der Waals surface area contributed by atoms with Crippen LogP contribution in [0.5, 0.6) is 5.75 Å². The largest absolute Gasteiger partial charge is 0.489 e.